The summed E-state index contributed by atoms with van der Waals surface area (Å²) in [6.07, 6.45) is 2.05. The van der Waals surface area contributed by atoms with E-state index in [4.69, 9.17) is 4.52 Å². The lowest BCUT2D eigenvalue weighted by atomic mass is 9.92. The summed E-state index contributed by atoms with van der Waals surface area (Å²) in [5.74, 6) is 0.275. The number of amides is 1. The molecule has 1 rings (SSSR count). The van der Waals surface area contributed by atoms with Crippen molar-refractivity contribution in [2.24, 2.45) is 5.41 Å². The Hall–Kier alpha value is -1.59. The summed E-state index contributed by atoms with van der Waals surface area (Å²) in [6.45, 7) is 6.02. The van der Waals surface area contributed by atoms with Gasteiger partial charge in [0.1, 0.15) is 0 Å². The second-order valence-electron chi connectivity index (χ2n) is 5.12. The van der Waals surface area contributed by atoms with Gasteiger partial charge in [0.25, 0.3) is 6.20 Å². The first-order valence-corrected chi connectivity index (χ1v) is 5.14. The van der Waals surface area contributed by atoms with Crippen molar-refractivity contribution in [2.45, 2.75) is 27.2 Å². The van der Waals surface area contributed by atoms with Gasteiger partial charge >= 0.3 is 5.88 Å². The van der Waals surface area contributed by atoms with Gasteiger partial charge in [0, 0.05) is 6.42 Å². The Balaban J connectivity index is 2.57. The number of hydrogen-bond acceptors (Lipinski definition) is 4. The Morgan fingerprint density at radius 3 is 2.62 bits per heavy atom. The highest BCUT2D eigenvalue weighted by atomic mass is 16.5. The first-order valence-electron chi connectivity index (χ1n) is 5.14. The summed E-state index contributed by atoms with van der Waals surface area (Å²) < 4.78 is 4.95. The fourth-order valence-corrected chi connectivity index (χ4v) is 1.14. The van der Waals surface area contributed by atoms with Gasteiger partial charge in [0.2, 0.25) is 11.2 Å². The standard InChI is InChI=1S/C10H18N4O2/c1-10(2,3)6-8(15)11-9-7-14(12-16-9)13(4)5/h7H,6H2,1-5H3/p+1. The summed E-state index contributed by atoms with van der Waals surface area (Å²) in [6, 6.07) is 0. The van der Waals surface area contributed by atoms with Gasteiger partial charge in [-0.3, -0.25) is 14.6 Å². The quantitative estimate of drug-likeness (QED) is 0.765. The average molecular weight is 227 g/mol. The van der Waals surface area contributed by atoms with E-state index in [1.807, 2.05) is 34.9 Å². The first kappa shape index (κ1) is 12.5. The Morgan fingerprint density at radius 1 is 1.56 bits per heavy atom. The second-order valence-corrected chi connectivity index (χ2v) is 5.12. The molecule has 1 heterocycles. The molecule has 0 aliphatic carbocycles. The van der Waals surface area contributed by atoms with E-state index in [-0.39, 0.29) is 11.3 Å². The van der Waals surface area contributed by atoms with E-state index in [9.17, 15) is 4.79 Å². The molecular weight excluding hydrogens is 208 g/mol. The van der Waals surface area contributed by atoms with E-state index >= 15 is 0 Å². The highest BCUT2D eigenvalue weighted by Gasteiger charge is 2.19. The van der Waals surface area contributed by atoms with Crippen LogP contribution in [0, 0.1) is 5.41 Å². The van der Waals surface area contributed by atoms with Crippen LogP contribution in [-0.2, 0) is 4.79 Å². The maximum atomic E-state index is 11.6. The summed E-state index contributed by atoms with van der Waals surface area (Å²) in [4.78, 5) is 13.1. The number of nitrogens with one attached hydrogen (secondary N) is 1. The minimum atomic E-state index is -0.0745. The molecule has 90 valence electrons. The van der Waals surface area contributed by atoms with Crippen molar-refractivity contribution < 1.29 is 14.1 Å². The molecule has 0 spiro atoms. The molecule has 0 fully saturated rings. The van der Waals surface area contributed by atoms with E-state index < -0.39 is 0 Å². The molecule has 1 amide bonds. The predicted molar refractivity (Wildman–Crippen MR) is 59.5 cm³/mol. The number of carbonyl (C=O) groups excluding carboxylic acids is 1. The minimum absolute atomic E-state index is 0.0401. The lowest BCUT2D eigenvalue weighted by Crippen LogP contribution is -2.53. The molecule has 6 heteroatoms. The summed E-state index contributed by atoms with van der Waals surface area (Å²) in [5, 5.41) is 8.10. The monoisotopic (exact) mass is 227 g/mol. The van der Waals surface area contributed by atoms with Gasteiger partial charge in [-0.1, -0.05) is 20.8 Å². The van der Waals surface area contributed by atoms with Gasteiger partial charge in [-0.15, -0.1) is 0 Å². The molecule has 1 aromatic rings. The normalized spacial score (nSPS) is 11.3. The SMILES string of the molecule is CN(C)[n+]1cc(NC(=O)CC(C)(C)C)on1. The summed E-state index contributed by atoms with van der Waals surface area (Å²) in [7, 11) is 3.65. The molecule has 0 radical (unpaired) electrons. The molecule has 0 aromatic carbocycles. The molecule has 0 atom stereocenters. The smallest absolute Gasteiger partial charge is 0.289 e. The molecule has 16 heavy (non-hydrogen) atoms. The number of nitrogens with zero attached hydrogens (tertiary/aromatic N) is 3. The summed E-state index contributed by atoms with van der Waals surface area (Å²) >= 11 is 0. The van der Waals surface area contributed by atoms with Crippen molar-refractivity contribution in [1.82, 2.24) is 5.27 Å². The number of hydrogen-bond donors (Lipinski definition) is 1. The molecule has 0 aliphatic rings. The van der Waals surface area contributed by atoms with Crippen LogP contribution in [0.3, 0.4) is 0 Å². The molecular formula is C10H19N4O2+. The zero-order valence-corrected chi connectivity index (χ0v) is 10.4. The van der Waals surface area contributed by atoms with Crippen molar-refractivity contribution in [3.63, 3.8) is 0 Å². The van der Waals surface area contributed by atoms with Gasteiger partial charge < -0.3 is 0 Å². The Bertz CT molecular complexity index is 365. The summed E-state index contributed by atoms with van der Waals surface area (Å²) in [5.41, 5.74) is -0.0401. The van der Waals surface area contributed by atoms with Crippen molar-refractivity contribution in [2.75, 3.05) is 24.4 Å². The highest BCUT2D eigenvalue weighted by molar-refractivity contribution is 5.89. The molecule has 0 bridgehead atoms. The molecule has 1 N–H and O–H groups in total. The van der Waals surface area contributed by atoms with Crippen LogP contribution in [0.2, 0.25) is 0 Å². The van der Waals surface area contributed by atoms with Gasteiger partial charge in [-0.05, 0) is 5.41 Å². The predicted octanol–water partition coefficient (Wildman–Crippen LogP) is 0.534. The van der Waals surface area contributed by atoms with E-state index in [2.05, 4.69) is 10.6 Å². The third kappa shape index (κ3) is 3.88. The molecule has 0 saturated heterocycles. The largest absolute Gasteiger partial charge is 0.305 e. The highest BCUT2D eigenvalue weighted by Crippen LogP contribution is 2.19. The molecule has 0 saturated carbocycles. The second kappa shape index (κ2) is 4.51. The van der Waals surface area contributed by atoms with Crippen molar-refractivity contribution in [1.29, 1.82) is 0 Å². The third-order valence-electron chi connectivity index (χ3n) is 1.82. The topological polar surface area (TPSA) is 62.2 Å². The Labute approximate surface area is 95.2 Å². The van der Waals surface area contributed by atoms with Crippen molar-refractivity contribution >= 4 is 11.8 Å². The minimum Gasteiger partial charge on any atom is -0.289 e. The Kier molecular flexibility index (Phi) is 3.51. The fourth-order valence-electron chi connectivity index (χ4n) is 1.14. The fraction of sp³-hybridized carbons (Fsp3) is 0.700. The molecule has 0 unspecified atom stereocenters. The van der Waals surface area contributed by atoms with Crippen LogP contribution in [0.4, 0.5) is 5.88 Å². The molecule has 1 aromatic heterocycles. The van der Waals surface area contributed by atoms with E-state index in [1.165, 1.54) is 4.79 Å². The zero-order chi connectivity index (χ0) is 12.3. The van der Waals surface area contributed by atoms with Crippen LogP contribution in [-0.4, -0.2) is 25.3 Å². The van der Waals surface area contributed by atoms with Gasteiger partial charge in [-0.2, -0.15) is 5.01 Å². The molecule has 6 nitrogen and oxygen atoms in total. The van der Waals surface area contributed by atoms with Crippen LogP contribution < -0.4 is 15.1 Å². The van der Waals surface area contributed by atoms with Crippen LogP contribution in [0.5, 0.6) is 0 Å². The van der Waals surface area contributed by atoms with Crippen molar-refractivity contribution in [3.05, 3.63) is 6.20 Å². The number of aromatic nitrogens is 2. The maximum absolute atomic E-state index is 11.6. The van der Waals surface area contributed by atoms with Crippen LogP contribution >= 0.6 is 0 Å². The van der Waals surface area contributed by atoms with E-state index in [0.717, 1.165) is 0 Å². The van der Waals surface area contributed by atoms with E-state index in [1.54, 1.807) is 11.2 Å². The number of anilines is 1. The zero-order valence-electron chi connectivity index (χ0n) is 10.4. The lowest BCUT2D eigenvalue weighted by molar-refractivity contribution is -0.753. The third-order valence-corrected chi connectivity index (χ3v) is 1.82. The van der Waals surface area contributed by atoms with E-state index in [0.29, 0.717) is 12.3 Å². The van der Waals surface area contributed by atoms with Crippen LogP contribution in [0.15, 0.2) is 10.7 Å². The maximum Gasteiger partial charge on any atom is 0.305 e. The first-order chi connectivity index (χ1) is 7.28. The van der Waals surface area contributed by atoms with Gasteiger partial charge in [-0.25, -0.2) is 0 Å². The van der Waals surface area contributed by atoms with Crippen LogP contribution in [0.25, 0.3) is 0 Å². The number of carbonyl (C=O) groups is 1. The Morgan fingerprint density at radius 2 is 2.19 bits per heavy atom. The van der Waals surface area contributed by atoms with Gasteiger partial charge in [0.15, 0.2) is 0 Å². The lowest BCUT2D eigenvalue weighted by Gasteiger charge is -2.15. The molecule has 0 aliphatic heterocycles. The number of rotatable bonds is 3. The average Bonchev–Trinajstić information content (AvgIpc) is 2.48. The van der Waals surface area contributed by atoms with Gasteiger partial charge in [0.05, 0.1) is 18.9 Å². The van der Waals surface area contributed by atoms with Crippen molar-refractivity contribution in [3.8, 4) is 0 Å². The van der Waals surface area contributed by atoms with Crippen LogP contribution in [0.1, 0.15) is 27.2 Å².